The van der Waals surface area contributed by atoms with Gasteiger partial charge >= 0.3 is 0 Å². The van der Waals surface area contributed by atoms with E-state index in [-0.39, 0.29) is 0 Å². The molecule has 0 atom stereocenters. The third kappa shape index (κ3) is 4.34. The molecule has 0 aromatic carbocycles. The third-order valence-corrected chi connectivity index (χ3v) is 3.48. The minimum atomic E-state index is 0.448. The van der Waals surface area contributed by atoms with E-state index in [1.165, 1.54) is 6.21 Å². The average Bonchev–Trinajstić information content (AvgIpc) is 2.50. The predicted molar refractivity (Wildman–Crippen MR) is 88.8 cm³/mol. The summed E-state index contributed by atoms with van der Waals surface area (Å²) in [7, 11) is 0. The zero-order valence-corrected chi connectivity index (χ0v) is 12.6. The highest BCUT2D eigenvalue weighted by Gasteiger charge is 2.03. The third-order valence-electron chi connectivity index (χ3n) is 3.26. The smallest absolute Gasteiger partial charge is 0.129 e. The van der Waals surface area contributed by atoms with E-state index in [1.54, 1.807) is 12.3 Å². The van der Waals surface area contributed by atoms with Crippen molar-refractivity contribution in [2.45, 2.75) is 25.7 Å². The van der Waals surface area contributed by atoms with Crippen molar-refractivity contribution in [1.29, 1.82) is 5.41 Å². The van der Waals surface area contributed by atoms with Crippen molar-refractivity contribution in [2.24, 2.45) is 5.73 Å². The normalized spacial score (nSPS) is 11.8. The minimum absolute atomic E-state index is 0.448. The number of nitrogens with one attached hydrogen (secondary N) is 1. The fourth-order valence-electron chi connectivity index (χ4n) is 2.12. The molecule has 0 radical (unpaired) electrons. The molecule has 0 spiro atoms. The molecular weight excluding hydrogens is 284 g/mol. The van der Waals surface area contributed by atoms with Gasteiger partial charge in [-0.3, -0.25) is 4.98 Å². The number of allylic oxidation sites excluding steroid dienone is 2. The van der Waals surface area contributed by atoms with E-state index in [0.717, 1.165) is 54.4 Å². The number of halogens is 1. The fraction of sp³-hybridized carbons (Fsp3) is 0.312. The molecule has 0 fully saturated rings. The summed E-state index contributed by atoms with van der Waals surface area (Å²) in [6, 6.07) is 5.49. The van der Waals surface area contributed by atoms with Gasteiger partial charge in [-0.15, -0.1) is 0 Å². The van der Waals surface area contributed by atoms with Crippen molar-refractivity contribution < 1.29 is 0 Å². The lowest BCUT2D eigenvalue weighted by Crippen LogP contribution is -1.97. The molecular formula is C16H19ClN4. The Hall–Kier alpha value is -1.78. The van der Waals surface area contributed by atoms with E-state index in [4.69, 9.17) is 22.7 Å². The van der Waals surface area contributed by atoms with Crippen LogP contribution in [0.1, 0.15) is 31.2 Å². The number of aromatic nitrogens is 2. The van der Waals surface area contributed by atoms with Crippen molar-refractivity contribution in [3.05, 3.63) is 41.2 Å². The maximum atomic E-state index is 7.58. The number of hydrogen-bond acceptors (Lipinski definition) is 4. The van der Waals surface area contributed by atoms with Crippen LogP contribution >= 0.6 is 11.6 Å². The molecule has 2 heterocycles. The lowest BCUT2D eigenvalue weighted by molar-refractivity contribution is 0.696. The van der Waals surface area contributed by atoms with Crippen LogP contribution < -0.4 is 5.73 Å². The Balaban J connectivity index is 2.17. The maximum absolute atomic E-state index is 7.58. The van der Waals surface area contributed by atoms with Gasteiger partial charge in [0.25, 0.3) is 0 Å². The first-order valence-corrected chi connectivity index (χ1v) is 7.46. The zero-order valence-electron chi connectivity index (χ0n) is 11.8. The van der Waals surface area contributed by atoms with Gasteiger partial charge in [-0.25, -0.2) is 4.98 Å². The van der Waals surface area contributed by atoms with Crippen LogP contribution in [0.3, 0.4) is 0 Å². The van der Waals surface area contributed by atoms with Crippen molar-refractivity contribution in [3.63, 3.8) is 0 Å². The first-order chi connectivity index (χ1) is 10.2. The first kappa shape index (κ1) is 15.6. The summed E-state index contributed by atoms with van der Waals surface area (Å²) in [5, 5.41) is 8.02. The number of nitrogens with zero attached hydrogens (tertiary/aromatic N) is 2. The van der Waals surface area contributed by atoms with Crippen LogP contribution in [0.5, 0.6) is 0 Å². The van der Waals surface area contributed by atoms with Crippen LogP contribution in [0.4, 0.5) is 0 Å². The molecule has 0 unspecified atom stereocenters. The largest absolute Gasteiger partial charge is 0.330 e. The summed E-state index contributed by atoms with van der Waals surface area (Å²) >= 11 is 5.91. The Morgan fingerprint density at radius 2 is 2.10 bits per heavy atom. The molecule has 0 bridgehead atoms. The second-order valence-electron chi connectivity index (χ2n) is 4.84. The highest BCUT2D eigenvalue weighted by molar-refractivity contribution is 6.29. The van der Waals surface area contributed by atoms with Gasteiger partial charge in [-0.1, -0.05) is 24.1 Å². The van der Waals surface area contributed by atoms with E-state index in [1.807, 2.05) is 12.1 Å². The second kappa shape index (κ2) is 7.86. The first-order valence-electron chi connectivity index (χ1n) is 7.08. The topological polar surface area (TPSA) is 75.7 Å². The van der Waals surface area contributed by atoms with E-state index in [0.29, 0.717) is 5.15 Å². The van der Waals surface area contributed by atoms with Crippen molar-refractivity contribution in [1.82, 2.24) is 9.97 Å². The van der Waals surface area contributed by atoms with Gasteiger partial charge in [0.2, 0.25) is 0 Å². The fourth-order valence-corrected chi connectivity index (χ4v) is 2.28. The molecule has 21 heavy (non-hydrogen) atoms. The van der Waals surface area contributed by atoms with E-state index in [9.17, 15) is 0 Å². The Morgan fingerprint density at radius 3 is 2.86 bits per heavy atom. The van der Waals surface area contributed by atoms with Crippen molar-refractivity contribution in [3.8, 4) is 0 Å². The Labute approximate surface area is 129 Å². The van der Waals surface area contributed by atoms with Crippen LogP contribution in [0.2, 0.25) is 5.15 Å². The molecule has 0 aliphatic rings. The SMILES string of the molecule is N=C/C(=C\CCCCCN)c1cnc2ccc(Cl)nc2c1. The summed E-state index contributed by atoms with van der Waals surface area (Å²) in [4.78, 5) is 8.63. The molecule has 3 N–H and O–H groups in total. The lowest BCUT2D eigenvalue weighted by Gasteiger charge is -2.04. The molecule has 0 aliphatic carbocycles. The monoisotopic (exact) mass is 302 g/mol. The summed E-state index contributed by atoms with van der Waals surface area (Å²) in [5.41, 5.74) is 8.78. The summed E-state index contributed by atoms with van der Waals surface area (Å²) < 4.78 is 0. The number of unbranched alkanes of at least 4 members (excludes halogenated alkanes) is 3. The number of fused-ring (bicyclic) bond motifs is 1. The van der Waals surface area contributed by atoms with Crippen molar-refractivity contribution in [2.75, 3.05) is 6.54 Å². The van der Waals surface area contributed by atoms with E-state index >= 15 is 0 Å². The van der Waals surface area contributed by atoms with E-state index in [2.05, 4.69) is 16.0 Å². The quantitative estimate of drug-likeness (QED) is 0.463. The van der Waals surface area contributed by atoms with Gasteiger partial charge in [-0.05, 0) is 49.6 Å². The van der Waals surface area contributed by atoms with Gasteiger partial charge in [0.1, 0.15) is 5.15 Å². The molecule has 4 nitrogen and oxygen atoms in total. The number of pyridine rings is 2. The highest BCUT2D eigenvalue weighted by atomic mass is 35.5. The Kier molecular flexibility index (Phi) is 5.84. The highest BCUT2D eigenvalue weighted by Crippen LogP contribution is 2.19. The van der Waals surface area contributed by atoms with Crippen LogP contribution in [0, 0.1) is 5.41 Å². The van der Waals surface area contributed by atoms with Crippen LogP contribution in [0.25, 0.3) is 16.6 Å². The van der Waals surface area contributed by atoms with Crippen molar-refractivity contribution >= 4 is 34.4 Å². The van der Waals surface area contributed by atoms with Crippen LogP contribution in [-0.2, 0) is 0 Å². The molecule has 2 aromatic rings. The van der Waals surface area contributed by atoms with Crippen LogP contribution in [-0.4, -0.2) is 22.7 Å². The van der Waals surface area contributed by atoms with E-state index < -0.39 is 0 Å². The molecule has 0 amide bonds. The summed E-state index contributed by atoms with van der Waals surface area (Å²) in [5.74, 6) is 0. The van der Waals surface area contributed by atoms with Gasteiger partial charge in [0.15, 0.2) is 0 Å². The molecule has 0 aliphatic heterocycles. The molecule has 2 rings (SSSR count). The lowest BCUT2D eigenvalue weighted by atomic mass is 10.1. The average molecular weight is 303 g/mol. The van der Waals surface area contributed by atoms with Gasteiger partial charge < -0.3 is 11.1 Å². The molecule has 0 saturated heterocycles. The molecule has 110 valence electrons. The minimum Gasteiger partial charge on any atom is -0.330 e. The molecule has 2 aromatic heterocycles. The standard InChI is InChI=1S/C16H19ClN4/c17-16-7-6-14-15(21-16)9-13(11-20-14)12(10-19)5-3-1-2-4-8-18/h5-7,9-11,19H,1-4,8,18H2/b12-5+,19-10?. The molecule has 5 heteroatoms. The zero-order chi connectivity index (χ0) is 15.1. The van der Waals surface area contributed by atoms with Gasteiger partial charge in [-0.2, -0.15) is 0 Å². The number of rotatable bonds is 7. The summed E-state index contributed by atoms with van der Waals surface area (Å²) in [6.45, 7) is 0.738. The Morgan fingerprint density at radius 1 is 1.24 bits per heavy atom. The second-order valence-corrected chi connectivity index (χ2v) is 5.23. The molecule has 0 saturated carbocycles. The van der Waals surface area contributed by atoms with Gasteiger partial charge in [0, 0.05) is 18.0 Å². The Bertz CT molecular complexity index is 652. The number of hydrogen-bond donors (Lipinski definition) is 2. The van der Waals surface area contributed by atoms with Crippen LogP contribution in [0.15, 0.2) is 30.5 Å². The summed E-state index contributed by atoms with van der Waals surface area (Å²) in [6.07, 6.45) is 9.38. The predicted octanol–water partition coefficient (Wildman–Crippen LogP) is 3.84. The van der Waals surface area contributed by atoms with Gasteiger partial charge in [0.05, 0.1) is 11.0 Å². The number of nitrogens with two attached hydrogens (primary N) is 1. The maximum Gasteiger partial charge on any atom is 0.129 e.